The van der Waals surface area contributed by atoms with Crippen LogP contribution in [0.5, 0.6) is 5.75 Å². The average molecular weight is 276 g/mol. The maximum Gasteiger partial charge on any atom is 0.167 e. The van der Waals surface area contributed by atoms with Gasteiger partial charge in [0.2, 0.25) is 0 Å². The van der Waals surface area contributed by atoms with Gasteiger partial charge in [0.05, 0.1) is 6.07 Å². The number of hydrogen-bond acceptors (Lipinski definition) is 3. The summed E-state index contributed by atoms with van der Waals surface area (Å²) in [4.78, 5) is 0. The molecule has 0 bridgehead atoms. The van der Waals surface area contributed by atoms with Gasteiger partial charge < -0.3 is 4.74 Å². The van der Waals surface area contributed by atoms with Gasteiger partial charge in [-0.1, -0.05) is 19.1 Å². The van der Waals surface area contributed by atoms with Crippen LogP contribution < -0.4 is 10.1 Å². The molecule has 0 aromatic heterocycles. The third-order valence-corrected chi connectivity index (χ3v) is 3.85. The van der Waals surface area contributed by atoms with Gasteiger partial charge in [-0.3, -0.25) is 5.32 Å². The van der Waals surface area contributed by atoms with Gasteiger partial charge in [0.25, 0.3) is 0 Å². The van der Waals surface area contributed by atoms with E-state index in [2.05, 4.69) is 18.3 Å². The van der Waals surface area contributed by atoms with E-state index in [4.69, 9.17) is 4.74 Å². The monoisotopic (exact) mass is 276 g/mol. The molecule has 0 amide bonds. The summed E-state index contributed by atoms with van der Waals surface area (Å²) in [6, 6.07) is 7.52. The Morgan fingerprint density at radius 3 is 3.05 bits per heavy atom. The second kappa shape index (κ2) is 6.23. The maximum atomic E-state index is 13.9. The number of benzene rings is 1. The first-order valence-corrected chi connectivity index (χ1v) is 7.18. The molecule has 1 aromatic rings. The van der Waals surface area contributed by atoms with Crippen LogP contribution in [0.15, 0.2) is 18.2 Å². The number of ether oxygens (including phenoxy) is 1. The lowest BCUT2D eigenvalue weighted by Crippen LogP contribution is -2.42. The summed E-state index contributed by atoms with van der Waals surface area (Å²) in [5.74, 6) is -0.0114. The first-order valence-electron chi connectivity index (χ1n) is 7.18. The van der Waals surface area contributed by atoms with Crippen LogP contribution in [0.2, 0.25) is 0 Å². The number of nitrogens with one attached hydrogen (secondary N) is 1. The maximum absolute atomic E-state index is 13.9. The Bertz CT molecular complexity index is 512. The van der Waals surface area contributed by atoms with E-state index < -0.39 is 5.54 Å². The summed E-state index contributed by atoms with van der Waals surface area (Å²) >= 11 is 0. The number of hydrogen-bond donors (Lipinski definition) is 1. The topological polar surface area (TPSA) is 45.0 Å². The van der Waals surface area contributed by atoms with E-state index in [-0.39, 0.29) is 11.9 Å². The standard InChI is InChI=1S/C16H21FN2O/c1-3-9-19-16(11-18)8-7-13(10-16)20-14-6-4-5-12(2)15(14)17/h4-6,13,19H,3,7-10H2,1-2H3. The molecule has 108 valence electrons. The van der Waals surface area contributed by atoms with Gasteiger partial charge in [0.15, 0.2) is 11.6 Å². The van der Waals surface area contributed by atoms with Crippen molar-refractivity contribution in [2.45, 2.75) is 51.2 Å². The number of halogens is 1. The van der Waals surface area contributed by atoms with Crippen LogP contribution in [0.25, 0.3) is 0 Å². The Labute approximate surface area is 119 Å². The number of nitrogens with zero attached hydrogens (tertiary/aromatic N) is 1. The average Bonchev–Trinajstić information content (AvgIpc) is 2.86. The normalized spacial score (nSPS) is 25.4. The van der Waals surface area contributed by atoms with Crippen molar-refractivity contribution in [1.82, 2.24) is 5.32 Å². The second-order valence-corrected chi connectivity index (χ2v) is 5.49. The predicted molar refractivity (Wildman–Crippen MR) is 76.0 cm³/mol. The third kappa shape index (κ3) is 3.10. The summed E-state index contributed by atoms with van der Waals surface area (Å²) in [5, 5.41) is 12.7. The van der Waals surface area contributed by atoms with E-state index in [1.807, 2.05) is 0 Å². The van der Waals surface area contributed by atoms with Crippen LogP contribution in [-0.2, 0) is 0 Å². The second-order valence-electron chi connectivity index (χ2n) is 5.49. The Morgan fingerprint density at radius 2 is 2.35 bits per heavy atom. The molecule has 2 rings (SSSR count). The van der Waals surface area contributed by atoms with E-state index in [9.17, 15) is 9.65 Å². The molecule has 1 N–H and O–H groups in total. The first-order chi connectivity index (χ1) is 9.60. The molecule has 0 spiro atoms. The van der Waals surface area contributed by atoms with E-state index in [1.165, 1.54) is 0 Å². The van der Waals surface area contributed by atoms with Gasteiger partial charge in [0.1, 0.15) is 11.6 Å². The van der Waals surface area contributed by atoms with E-state index in [1.54, 1.807) is 25.1 Å². The van der Waals surface area contributed by atoms with Crippen molar-refractivity contribution in [2.75, 3.05) is 6.54 Å². The molecule has 2 unspecified atom stereocenters. The molecule has 0 saturated heterocycles. The molecule has 0 aliphatic heterocycles. The largest absolute Gasteiger partial charge is 0.487 e. The zero-order valence-electron chi connectivity index (χ0n) is 12.1. The van der Waals surface area contributed by atoms with Crippen molar-refractivity contribution >= 4 is 0 Å². The minimum absolute atomic E-state index is 0.102. The van der Waals surface area contributed by atoms with Crippen molar-refractivity contribution < 1.29 is 9.13 Å². The molecular weight excluding hydrogens is 255 g/mol. The summed E-state index contributed by atoms with van der Waals surface area (Å²) < 4.78 is 19.7. The van der Waals surface area contributed by atoms with Crippen molar-refractivity contribution in [3.8, 4) is 11.8 Å². The number of rotatable bonds is 5. The third-order valence-electron chi connectivity index (χ3n) is 3.85. The Morgan fingerprint density at radius 1 is 1.55 bits per heavy atom. The Hall–Kier alpha value is -1.60. The van der Waals surface area contributed by atoms with Crippen molar-refractivity contribution in [2.24, 2.45) is 0 Å². The van der Waals surface area contributed by atoms with Gasteiger partial charge in [-0.2, -0.15) is 5.26 Å². The summed E-state index contributed by atoms with van der Waals surface area (Å²) in [5.41, 5.74) is 0.0669. The fourth-order valence-electron chi connectivity index (χ4n) is 2.66. The molecular formula is C16H21FN2O. The molecule has 1 fully saturated rings. The van der Waals surface area contributed by atoms with Crippen LogP contribution in [-0.4, -0.2) is 18.2 Å². The minimum Gasteiger partial charge on any atom is -0.487 e. The lowest BCUT2D eigenvalue weighted by Gasteiger charge is -2.22. The van der Waals surface area contributed by atoms with Crippen LogP contribution in [0.3, 0.4) is 0 Å². The molecule has 1 aliphatic rings. The molecule has 1 saturated carbocycles. The highest BCUT2D eigenvalue weighted by atomic mass is 19.1. The van der Waals surface area contributed by atoms with Crippen LogP contribution in [0, 0.1) is 24.1 Å². The van der Waals surface area contributed by atoms with Gasteiger partial charge >= 0.3 is 0 Å². The first kappa shape index (κ1) is 14.8. The molecule has 2 atom stereocenters. The fraction of sp³-hybridized carbons (Fsp3) is 0.562. The van der Waals surface area contributed by atoms with Gasteiger partial charge in [0, 0.05) is 6.42 Å². The lowest BCUT2D eigenvalue weighted by atomic mass is 9.99. The van der Waals surface area contributed by atoms with Gasteiger partial charge in [-0.15, -0.1) is 0 Å². The summed E-state index contributed by atoms with van der Waals surface area (Å²) in [6.45, 7) is 4.61. The summed E-state index contributed by atoms with van der Waals surface area (Å²) in [6.07, 6.45) is 3.02. The SMILES string of the molecule is CCCNC1(C#N)CCC(Oc2cccc(C)c2F)C1. The molecule has 4 heteroatoms. The van der Waals surface area contributed by atoms with Crippen LogP contribution in [0.4, 0.5) is 4.39 Å². The van der Waals surface area contributed by atoms with Crippen molar-refractivity contribution in [1.29, 1.82) is 5.26 Å². The predicted octanol–water partition coefficient (Wildman–Crippen LogP) is 3.33. The highest BCUT2D eigenvalue weighted by Crippen LogP contribution is 2.33. The zero-order chi connectivity index (χ0) is 14.6. The lowest BCUT2D eigenvalue weighted by molar-refractivity contribution is 0.192. The molecule has 0 radical (unpaired) electrons. The minimum atomic E-state index is -0.513. The van der Waals surface area contributed by atoms with Gasteiger partial charge in [-0.25, -0.2) is 4.39 Å². The highest BCUT2D eigenvalue weighted by Gasteiger charge is 2.40. The smallest absolute Gasteiger partial charge is 0.167 e. The van der Waals surface area contributed by atoms with Crippen molar-refractivity contribution in [3.63, 3.8) is 0 Å². The molecule has 20 heavy (non-hydrogen) atoms. The molecule has 1 aliphatic carbocycles. The molecule has 1 aromatic carbocycles. The number of nitriles is 1. The number of aryl methyl sites for hydroxylation is 1. The van der Waals surface area contributed by atoms with E-state index in [0.29, 0.717) is 17.7 Å². The Kier molecular flexibility index (Phi) is 4.61. The van der Waals surface area contributed by atoms with Crippen molar-refractivity contribution in [3.05, 3.63) is 29.6 Å². The van der Waals surface area contributed by atoms with Crippen LogP contribution >= 0.6 is 0 Å². The van der Waals surface area contributed by atoms with Gasteiger partial charge in [-0.05, 0) is 44.4 Å². The quantitative estimate of drug-likeness (QED) is 0.897. The molecule has 0 heterocycles. The zero-order valence-corrected chi connectivity index (χ0v) is 12.1. The Balaban J connectivity index is 2.03. The van der Waals surface area contributed by atoms with E-state index >= 15 is 0 Å². The van der Waals surface area contributed by atoms with E-state index in [0.717, 1.165) is 25.8 Å². The van der Waals surface area contributed by atoms with Crippen LogP contribution in [0.1, 0.15) is 38.2 Å². The molecule has 3 nitrogen and oxygen atoms in total. The summed E-state index contributed by atoms with van der Waals surface area (Å²) in [7, 11) is 0. The fourth-order valence-corrected chi connectivity index (χ4v) is 2.66. The highest BCUT2D eigenvalue weighted by molar-refractivity contribution is 5.30.